The zero-order chi connectivity index (χ0) is 13.5. The fourth-order valence-corrected chi connectivity index (χ4v) is 3.37. The third-order valence-electron chi connectivity index (χ3n) is 4.34. The topological polar surface area (TPSA) is 52.6 Å². The van der Waals surface area contributed by atoms with E-state index in [4.69, 9.17) is 9.47 Å². The molecule has 2 heterocycles. The molecule has 4 nitrogen and oxygen atoms in total. The van der Waals surface area contributed by atoms with Gasteiger partial charge in [-0.2, -0.15) is 0 Å². The predicted molar refractivity (Wildman–Crippen MR) is 67.4 cm³/mol. The molecule has 4 heteroatoms. The molecular formula is C15H16O4. The highest BCUT2D eigenvalue weighted by molar-refractivity contribution is 6.02. The fraction of sp³-hybridized carbons (Fsp3) is 0.467. The number of benzene rings is 1. The summed E-state index contributed by atoms with van der Waals surface area (Å²) in [4.78, 5) is 24.5. The molecule has 3 atom stereocenters. The number of rotatable bonds is 2. The number of carbonyl (C=O) groups is 2. The summed E-state index contributed by atoms with van der Waals surface area (Å²) < 4.78 is 10.2. The summed E-state index contributed by atoms with van der Waals surface area (Å²) in [5.74, 6) is -1.03. The van der Waals surface area contributed by atoms with Crippen molar-refractivity contribution in [2.75, 3.05) is 7.11 Å². The molecule has 0 aromatic heterocycles. The van der Waals surface area contributed by atoms with Crippen LogP contribution in [0.3, 0.4) is 0 Å². The minimum Gasteiger partial charge on any atom is -0.468 e. The molecule has 0 amide bonds. The average molecular weight is 260 g/mol. The number of carbonyl (C=O) groups excluding carboxylic acids is 2. The molecule has 3 fully saturated rings. The van der Waals surface area contributed by atoms with Crippen molar-refractivity contribution in [2.24, 2.45) is 5.41 Å². The Balaban J connectivity index is 2.08. The maximum atomic E-state index is 12.2. The molecular weight excluding hydrogens is 244 g/mol. The number of ether oxygens (including phenoxy) is 2. The molecule has 1 aromatic carbocycles. The van der Waals surface area contributed by atoms with E-state index < -0.39 is 17.4 Å². The largest absolute Gasteiger partial charge is 0.468 e. The van der Waals surface area contributed by atoms with Crippen LogP contribution in [0.25, 0.3) is 0 Å². The van der Waals surface area contributed by atoms with E-state index in [1.54, 1.807) is 0 Å². The van der Waals surface area contributed by atoms with Gasteiger partial charge in [0.2, 0.25) is 0 Å². The van der Waals surface area contributed by atoms with Crippen LogP contribution >= 0.6 is 0 Å². The van der Waals surface area contributed by atoms with Gasteiger partial charge in [-0.15, -0.1) is 0 Å². The highest BCUT2D eigenvalue weighted by atomic mass is 16.6. The third kappa shape index (κ3) is 1.66. The van der Waals surface area contributed by atoms with Gasteiger partial charge >= 0.3 is 11.9 Å². The Labute approximate surface area is 111 Å². The molecule has 4 rings (SSSR count). The second kappa shape index (κ2) is 4.37. The van der Waals surface area contributed by atoms with Crippen molar-refractivity contribution >= 4 is 11.9 Å². The number of fused-ring (bicyclic) bond motifs is 3. The maximum Gasteiger partial charge on any atom is 0.324 e. The van der Waals surface area contributed by atoms with Crippen molar-refractivity contribution < 1.29 is 19.1 Å². The van der Waals surface area contributed by atoms with E-state index >= 15 is 0 Å². The lowest BCUT2D eigenvalue weighted by Crippen LogP contribution is -2.56. The minimum atomic E-state index is -1.15. The summed E-state index contributed by atoms with van der Waals surface area (Å²) in [6.45, 7) is 0. The van der Waals surface area contributed by atoms with E-state index in [0.717, 1.165) is 12.0 Å². The second-order valence-electron chi connectivity index (χ2n) is 5.23. The molecule has 1 aliphatic carbocycles. The number of esters is 2. The van der Waals surface area contributed by atoms with Crippen LogP contribution in [0.5, 0.6) is 0 Å². The number of hydrogen-bond donors (Lipinski definition) is 0. The van der Waals surface area contributed by atoms with Crippen LogP contribution < -0.4 is 0 Å². The van der Waals surface area contributed by atoms with Gasteiger partial charge in [-0.05, 0) is 24.8 Å². The molecule has 0 N–H and O–H groups in total. The Bertz CT molecular complexity index is 500. The van der Waals surface area contributed by atoms with Gasteiger partial charge in [-0.1, -0.05) is 30.3 Å². The van der Waals surface area contributed by atoms with Crippen LogP contribution in [-0.2, 0) is 19.1 Å². The van der Waals surface area contributed by atoms with E-state index in [0.29, 0.717) is 12.8 Å². The second-order valence-corrected chi connectivity index (χ2v) is 5.23. The number of methoxy groups -OCH3 is 1. The first-order chi connectivity index (χ1) is 9.18. The first-order valence-electron chi connectivity index (χ1n) is 6.53. The van der Waals surface area contributed by atoms with Crippen LogP contribution in [-0.4, -0.2) is 25.2 Å². The standard InChI is InChI=1S/C15H16O4/c1-18-13(16)15-8-7-11(19-14(15)17)9-12(15)10-5-3-2-4-6-10/h2-6,11-12H,7-9H2,1H3/t11-,12+,15-/m0/s1. The van der Waals surface area contributed by atoms with Gasteiger partial charge in [-0.3, -0.25) is 9.59 Å². The average Bonchev–Trinajstić information content (AvgIpc) is 2.47. The quantitative estimate of drug-likeness (QED) is 0.603. The van der Waals surface area contributed by atoms with E-state index in [1.807, 2.05) is 30.3 Å². The van der Waals surface area contributed by atoms with Gasteiger partial charge in [0.05, 0.1) is 7.11 Å². The Hall–Kier alpha value is -1.84. The zero-order valence-electron chi connectivity index (χ0n) is 10.8. The Kier molecular flexibility index (Phi) is 2.81. The summed E-state index contributed by atoms with van der Waals surface area (Å²) in [6.07, 6.45) is 1.89. The molecule has 1 saturated carbocycles. The van der Waals surface area contributed by atoms with Crippen molar-refractivity contribution in [1.82, 2.24) is 0 Å². The molecule has 2 bridgehead atoms. The predicted octanol–water partition coefficient (Wildman–Crippen LogP) is 2.04. The summed E-state index contributed by atoms with van der Waals surface area (Å²) in [5, 5.41) is 0. The van der Waals surface area contributed by atoms with Crippen molar-refractivity contribution in [2.45, 2.75) is 31.3 Å². The first kappa shape index (κ1) is 12.2. The third-order valence-corrected chi connectivity index (χ3v) is 4.34. The van der Waals surface area contributed by atoms with Crippen LogP contribution in [0.1, 0.15) is 30.7 Å². The van der Waals surface area contributed by atoms with Crippen molar-refractivity contribution in [1.29, 1.82) is 0 Å². The van der Waals surface area contributed by atoms with Gasteiger partial charge in [0, 0.05) is 5.92 Å². The maximum absolute atomic E-state index is 12.2. The molecule has 0 spiro atoms. The van der Waals surface area contributed by atoms with Crippen molar-refractivity contribution in [3.8, 4) is 0 Å². The van der Waals surface area contributed by atoms with Crippen LogP contribution in [0.2, 0.25) is 0 Å². The first-order valence-corrected chi connectivity index (χ1v) is 6.53. The Morgan fingerprint density at radius 2 is 2.11 bits per heavy atom. The Morgan fingerprint density at radius 1 is 1.37 bits per heavy atom. The van der Waals surface area contributed by atoms with Crippen molar-refractivity contribution in [3.63, 3.8) is 0 Å². The monoisotopic (exact) mass is 260 g/mol. The summed E-state index contributed by atoms with van der Waals surface area (Å²) in [6, 6.07) is 9.70. The molecule has 100 valence electrons. The lowest BCUT2D eigenvalue weighted by molar-refractivity contribution is -0.196. The molecule has 0 unspecified atom stereocenters. The lowest BCUT2D eigenvalue weighted by Gasteiger charge is -2.47. The molecule has 0 radical (unpaired) electrons. The summed E-state index contributed by atoms with van der Waals surface area (Å²) in [7, 11) is 1.33. The van der Waals surface area contributed by atoms with Crippen LogP contribution in [0, 0.1) is 5.41 Å². The van der Waals surface area contributed by atoms with Crippen LogP contribution in [0.15, 0.2) is 30.3 Å². The lowest BCUT2D eigenvalue weighted by atomic mass is 9.61. The van der Waals surface area contributed by atoms with Crippen LogP contribution in [0.4, 0.5) is 0 Å². The fourth-order valence-electron chi connectivity index (χ4n) is 3.37. The number of hydrogen-bond acceptors (Lipinski definition) is 4. The summed E-state index contributed by atoms with van der Waals surface area (Å²) >= 11 is 0. The molecule has 3 aliphatic rings. The normalized spacial score (nSPS) is 32.8. The zero-order valence-corrected chi connectivity index (χ0v) is 10.8. The van der Waals surface area contributed by atoms with E-state index in [9.17, 15) is 9.59 Å². The van der Waals surface area contributed by atoms with Crippen molar-refractivity contribution in [3.05, 3.63) is 35.9 Å². The van der Waals surface area contributed by atoms with E-state index in [2.05, 4.69) is 0 Å². The van der Waals surface area contributed by atoms with Gasteiger partial charge in [0.25, 0.3) is 0 Å². The van der Waals surface area contributed by atoms with Gasteiger partial charge < -0.3 is 9.47 Å². The highest BCUT2D eigenvalue weighted by Gasteiger charge is 2.61. The van der Waals surface area contributed by atoms with Gasteiger partial charge in [-0.25, -0.2) is 0 Å². The Morgan fingerprint density at radius 3 is 2.74 bits per heavy atom. The van der Waals surface area contributed by atoms with Gasteiger partial charge in [0.1, 0.15) is 6.10 Å². The molecule has 1 aromatic rings. The molecule has 2 saturated heterocycles. The van der Waals surface area contributed by atoms with Gasteiger partial charge in [0.15, 0.2) is 5.41 Å². The highest BCUT2D eigenvalue weighted by Crippen LogP contribution is 2.53. The minimum absolute atomic E-state index is 0.0655. The summed E-state index contributed by atoms with van der Waals surface area (Å²) in [5.41, 5.74) is -0.139. The van der Waals surface area contributed by atoms with E-state index in [-0.39, 0.29) is 12.0 Å². The molecule has 2 aliphatic heterocycles. The SMILES string of the molecule is COC(=O)[C@]12CC[C@@H](C[C@@H]1c1ccccc1)OC2=O. The van der Waals surface area contributed by atoms with E-state index in [1.165, 1.54) is 7.11 Å². The molecule has 19 heavy (non-hydrogen) atoms. The smallest absolute Gasteiger partial charge is 0.324 e.